The molecule has 0 saturated heterocycles. The number of rotatable bonds is 5. The summed E-state index contributed by atoms with van der Waals surface area (Å²) in [5.41, 5.74) is 8.37. The lowest BCUT2D eigenvalue weighted by molar-refractivity contribution is 0.104. The van der Waals surface area contributed by atoms with E-state index in [2.05, 4.69) is 5.32 Å². The van der Waals surface area contributed by atoms with E-state index in [0.29, 0.717) is 16.8 Å². The summed E-state index contributed by atoms with van der Waals surface area (Å²) >= 11 is 0. The first-order chi connectivity index (χ1) is 9.70. The van der Waals surface area contributed by atoms with Crippen LogP contribution in [0.15, 0.2) is 60.8 Å². The fourth-order valence-corrected chi connectivity index (χ4v) is 1.71. The number of nitrogens with two attached hydrogens (primary N) is 1. The molecular weight excluding hydrogens is 250 g/mol. The summed E-state index contributed by atoms with van der Waals surface area (Å²) in [4.78, 5) is 11.8. The van der Waals surface area contributed by atoms with Crippen molar-refractivity contribution in [2.45, 2.75) is 0 Å². The molecule has 0 unspecified atom stereocenters. The van der Waals surface area contributed by atoms with Crippen molar-refractivity contribution in [2.24, 2.45) is 0 Å². The van der Waals surface area contributed by atoms with Gasteiger partial charge in [-0.1, -0.05) is 30.3 Å². The van der Waals surface area contributed by atoms with Gasteiger partial charge in [0.15, 0.2) is 5.78 Å². The van der Waals surface area contributed by atoms with Gasteiger partial charge in [-0.05, 0) is 18.2 Å². The van der Waals surface area contributed by atoms with Crippen molar-refractivity contribution in [1.29, 1.82) is 5.41 Å². The fourth-order valence-electron chi connectivity index (χ4n) is 1.71. The van der Waals surface area contributed by atoms with Crippen molar-refractivity contribution >= 4 is 23.4 Å². The van der Waals surface area contributed by atoms with Gasteiger partial charge in [-0.2, -0.15) is 0 Å². The molecule has 0 spiro atoms. The van der Waals surface area contributed by atoms with Crippen molar-refractivity contribution < 1.29 is 4.79 Å². The van der Waals surface area contributed by atoms with Crippen LogP contribution in [0.5, 0.6) is 0 Å². The van der Waals surface area contributed by atoms with Crippen LogP contribution in [0.2, 0.25) is 0 Å². The van der Waals surface area contributed by atoms with Crippen LogP contribution < -0.4 is 11.1 Å². The van der Waals surface area contributed by atoms with Gasteiger partial charge in [-0.3, -0.25) is 4.79 Å². The third kappa shape index (κ3) is 3.32. The number of hydrogen-bond donors (Lipinski definition) is 3. The first-order valence-corrected chi connectivity index (χ1v) is 6.13. The number of ketones is 1. The average Bonchev–Trinajstić information content (AvgIpc) is 2.48. The van der Waals surface area contributed by atoms with Crippen LogP contribution in [0.4, 0.5) is 11.4 Å². The van der Waals surface area contributed by atoms with E-state index in [1.165, 1.54) is 12.3 Å². The molecule has 0 atom stereocenters. The van der Waals surface area contributed by atoms with Crippen LogP contribution in [0.1, 0.15) is 15.9 Å². The van der Waals surface area contributed by atoms with E-state index in [0.717, 1.165) is 5.69 Å². The third-order valence-corrected chi connectivity index (χ3v) is 2.79. The van der Waals surface area contributed by atoms with Crippen molar-refractivity contribution in [3.63, 3.8) is 0 Å². The highest BCUT2D eigenvalue weighted by atomic mass is 16.1. The Kier molecular flexibility index (Phi) is 4.29. The van der Waals surface area contributed by atoms with Crippen molar-refractivity contribution in [1.82, 2.24) is 0 Å². The number of benzene rings is 2. The zero-order valence-corrected chi connectivity index (χ0v) is 10.8. The van der Waals surface area contributed by atoms with E-state index in [4.69, 9.17) is 11.1 Å². The van der Waals surface area contributed by atoms with Gasteiger partial charge in [0.25, 0.3) is 0 Å². The van der Waals surface area contributed by atoms with Gasteiger partial charge in [0.1, 0.15) is 0 Å². The van der Waals surface area contributed by atoms with Crippen LogP contribution >= 0.6 is 0 Å². The summed E-state index contributed by atoms with van der Waals surface area (Å²) in [7, 11) is 0. The topological polar surface area (TPSA) is 79.0 Å². The molecule has 0 aliphatic rings. The molecule has 0 amide bonds. The Balaban J connectivity index is 2.01. The fraction of sp³-hybridized carbons (Fsp3) is 0. The largest absolute Gasteiger partial charge is 0.398 e. The molecule has 4 heteroatoms. The smallest absolute Gasteiger partial charge is 0.187 e. The monoisotopic (exact) mass is 265 g/mol. The van der Waals surface area contributed by atoms with Crippen molar-refractivity contribution in [2.75, 3.05) is 11.1 Å². The molecule has 0 fully saturated rings. The maximum atomic E-state index is 11.8. The number of nitrogen functional groups attached to an aromatic ring is 1. The van der Waals surface area contributed by atoms with Crippen LogP contribution in [0, 0.1) is 5.41 Å². The molecule has 0 bridgehead atoms. The number of nitrogens with one attached hydrogen (secondary N) is 2. The molecule has 0 heterocycles. The minimum absolute atomic E-state index is 0.0674. The highest BCUT2D eigenvalue weighted by Crippen LogP contribution is 2.16. The van der Waals surface area contributed by atoms with Gasteiger partial charge in [-0.15, -0.1) is 0 Å². The van der Waals surface area contributed by atoms with E-state index < -0.39 is 0 Å². The van der Waals surface area contributed by atoms with E-state index >= 15 is 0 Å². The van der Waals surface area contributed by atoms with E-state index in [-0.39, 0.29) is 5.78 Å². The first kappa shape index (κ1) is 13.5. The predicted octanol–water partition coefficient (Wildman–Crippen LogP) is 3.07. The maximum Gasteiger partial charge on any atom is 0.187 e. The van der Waals surface area contributed by atoms with E-state index in [1.54, 1.807) is 36.5 Å². The molecule has 4 nitrogen and oxygen atoms in total. The summed E-state index contributed by atoms with van der Waals surface area (Å²) < 4.78 is 0. The van der Waals surface area contributed by atoms with Gasteiger partial charge >= 0.3 is 0 Å². The van der Waals surface area contributed by atoms with Gasteiger partial charge in [0.05, 0.1) is 0 Å². The van der Waals surface area contributed by atoms with E-state index in [9.17, 15) is 4.79 Å². The Morgan fingerprint density at radius 2 is 1.90 bits per heavy atom. The number of allylic oxidation sites excluding steroid dienone is 1. The quantitative estimate of drug-likeness (QED) is 0.336. The maximum absolute atomic E-state index is 11.8. The molecule has 2 rings (SSSR count). The molecule has 2 aromatic carbocycles. The summed E-state index contributed by atoms with van der Waals surface area (Å²) in [6.45, 7) is 0. The lowest BCUT2D eigenvalue weighted by Crippen LogP contribution is -1.97. The molecule has 2 aromatic rings. The van der Waals surface area contributed by atoms with Gasteiger partial charge in [0.2, 0.25) is 0 Å². The molecule has 0 saturated carbocycles. The Hall–Kier alpha value is -2.88. The van der Waals surface area contributed by atoms with Crippen LogP contribution in [0.3, 0.4) is 0 Å². The minimum Gasteiger partial charge on any atom is -0.398 e. The Labute approximate surface area is 117 Å². The van der Waals surface area contributed by atoms with Gasteiger partial charge < -0.3 is 16.5 Å². The summed E-state index contributed by atoms with van der Waals surface area (Å²) in [6.07, 6.45) is 4.25. The molecule has 0 aliphatic heterocycles. The standard InChI is InChI=1S/C16H15N3O/c17-11-13-6-7-14(10-15(13)18)19-9-8-16(20)12-4-2-1-3-5-12/h1-11,17,19H,18H2/b9-8-,17-11?. The van der Waals surface area contributed by atoms with Crippen molar-refractivity contribution in [3.8, 4) is 0 Å². The second-order valence-electron chi connectivity index (χ2n) is 4.20. The van der Waals surface area contributed by atoms with Crippen LogP contribution in [0.25, 0.3) is 0 Å². The lowest BCUT2D eigenvalue weighted by Gasteiger charge is -2.04. The Morgan fingerprint density at radius 1 is 1.15 bits per heavy atom. The molecule has 4 N–H and O–H groups in total. The molecule has 20 heavy (non-hydrogen) atoms. The number of hydrogen-bond acceptors (Lipinski definition) is 4. The minimum atomic E-state index is -0.0674. The lowest BCUT2D eigenvalue weighted by atomic mass is 10.1. The molecule has 0 aliphatic carbocycles. The summed E-state index contributed by atoms with van der Waals surface area (Å²) in [6, 6.07) is 14.3. The zero-order valence-electron chi connectivity index (χ0n) is 10.8. The summed E-state index contributed by atoms with van der Waals surface area (Å²) in [5.74, 6) is -0.0674. The predicted molar refractivity (Wildman–Crippen MR) is 82.3 cm³/mol. The zero-order chi connectivity index (χ0) is 14.4. The highest BCUT2D eigenvalue weighted by Gasteiger charge is 2.00. The highest BCUT2D eigenvalue weighted by molar-refractivity contribution is 6.04. The first-order valence-electron chi connectivity index (χ1n) is 6.13. The van der Waals surface area contributed by atoms with Crippen LogP contribution in [-0.4, -0.2) is 12.0 Å². The number of anilines is 2. The number of carbonyl (C=O) groups is 1. The molecule has 0 radical (unpaired) electrons. The normalized spacial score (nSPS) is 10.4. The van der Waals surface area contributed by atoms with Gasteiger partial charge in [0, 0.05) is 41.0 Å². The molecular formula is C16H15N3O. The second-order valence-corrected chi connectivity index (χ2v) is 4.20. The van der Waals surface area contributed by atoms with Crippen LogP contribution in [-0.2, 0) is 0 Å². The average molecular weight is 265 g/mol. The third-order valence-electron chi connectivity index (χ3n) is 2.79. The second kappa shape index (κ2) is 6.33. The SMILES string of the molecule is N=Cc1ccc(N/C=C\C(=O)c2ccccc2)cc1N. The molecule has 100 valence electrons. The van der Waals surface area contributed by atoms with Crippen molar-refractivity contribution in [3.05, 3.63) is 71.9 Å². The van der Waals surface area contributed by atoms with Gasteiger partial charge in [-0.25, -0.2) is 0 Å². The Bertz CT molecular complexity index is 648. The summed E-state index contributed by atoms with van der Waals surface area (Å²) in [5, 5.41) is 10.1. The number of carbonyl (C=O) groups excluding carboxylic acids is 1. The van der Waals surface area contributed by atoms with E-state index in [1.807, 2.05) is 18.2 Å². The molecule has 0 aromatic heterocycles. The Morgan fingerprint density at radius 3 is 2.55 bits per heavy atom.